The van der Waals surface area contributed by atoms with Gasteiger partial charge in [0.1, 0.15) is 5.75 Å². The highest BCUT2D eigenvalue weighted by Gasteiger charge is 2.11. The second-order valence-electron chi connectivity index (χ2n) is 4.82. The number of halogens is 1. The average Bonchev–Trinajstić information content (AvgIpc) is 2.42. The average molecular weight is 291 g/mol. The number of aliphatic hydroxyl groups excluding tert-OH is 1. The van der Waals surface area contributed by atoms with Crippen LogP contribution in [0.15, 0.2) is 42.5 Å². The maximum absolute atomic E-state index is 10.3. The molecule has 20 heavy (non-hydrogen) atoms. The van der Waals surface area contributed by atoms with Gasteiger partial charge in [-0.25, -0.2) is 0 Å². The lowest BCUT2D eigenvalue weighted by molar-refractivity contribution is 0.178. The highest BCUT2D eigenvalue weighted by molar-refractivity contribution is 6.31. The number of hydrogen-bond donors (Lipinski definition) is 1. The SMILES string of the molecule is CCOc1cccc(C(O)Cc2ccc(C)cc2Cl)c1. The summed E-state index contributed by atoms with van der Waals surface area (Å²) in [4.78, 5) is 0. The van der Waals surface area contributed by atoms with Crippen molar-refractivity contribution in [1.29, 1.82) is 0 Å². The largest absolute Gasteiger partial charge is 0.494 e. The van der Waals surface area contributed by atoms with Gasteiger partial charge in [-0.2, -0.15) is 0 Å². The number of rotatable bonds is 5. The van der Waals surface area contributed by atoms with E-state index in [4.69, 9.17) is 16.3 Å². The first-order valence-electron chi connectivity index (χ1n) is 6.76. The van der Waals surface area contributed by atoms with Crippen molar-refractivity contribution in [1.82, 2.24) is 0 Å². The summed E-state index contributed by atoms with van der Waals surface area (Å²) in [7, 11) is 0. The summed E-state index contributed by atoms with van der Waals surface area (Å²) in [6.07, 6.45) is -0.0927. The van der Waals surface area contributed by atoms with E-state index in [0.29, 0.717) is 18.1 Å². The van der Waals surface area contributed by atoms with E-state index >= 15 is 0 Å². The Morgan fingerprint density at radius 2 is 2.00 bits per heavy atom. The second kappa shape index (κ2) is 6.78. The minimum atomic E-state index is -0.587. The van der Waals surface area contributed by atoms with Gasteiger partial charge in [0.2, 0.25) is 0 Å². The fraction of sp³-hybridized carbons (Fsp3) is 0.294. The summed E-state index contributed by atoms with van der Waals surface area (Å²) in [6.45, 7) is 4.55. The molecule has 1 atom stereocenters. The molecule has 0 aromatic heterocycles. The van der Waals surface area contributed by atoms with Crippen molar-refractivity contribution in [2.45, 2.75) is 26.4 Å². The number of ether oxygens (including phenoxy) is 1. The molecule has 2 aromatic carbocycles. The number of benzene rings is 2. The molecule has 2 rings (SSSR count). The van der Waals surface area contributed by atoms with E-state index in [9.17, 15) is 5.11 Å². The molecule has 1 N–H and O–H groups in total. The maximum Gasteiger partial charge on any atom is 0.119 e. The third kappa shape index (κ3) is 3.75. The van der Waals surface area contributed by atoms with Crippen molar-refractivity contribution in [2.24, 2.45) is 0 Å². The summed E-state index contributed by atoms with van der Waals surface area (Å²) >= 11 is 6.21. The first kappa shape index (κ1) is 14.9. The molecule has 0 saturated heterocycles. The summed E-state index contributed by atoms with van der Waals surface area (Å²) in [5.74, 6) is 0.777. The molecular weight excluding hydrogens is 272 g/mol. The highest BCUT2D eigenvalue weighted by atomic mass is 35.5. The van der Waals surface area contributed by atoms with Gasteiger partial charge in [0.15, 0.2) is 0 Å². The smallest absolute Gasteiger partial charge is 0.119 e. The zero-order valence-corrected chi connectivity index (χ0v) is 12.5. The van der Waals surface area contributed by atoms with Crippen LogP contribution >= 0.6 is 11.6 Å². The molecule has 0 heterocycles. The molecule has 0 aliphatic carbocycles. The first-order chi connectivity index (χ1) is 9.60. The van der Waals surface area contributed by atoms with Crippen LogP contribution in [0.25, 0.3) is 0 Å². The highest BCUT2D eigenvalue weighted by Crippen LogP contribution is 2.26. The van der Waals surface area contributed by atoms with Gasteiger partial charge in [-0.1, -0.05) is 35.9 Å². The van der Waals surface area contributed by atoms with E-state index in [-0.39, 0.29) is 0 Å². The molecule has 2 aromatic rings. The predicted molar refractivity (Wildman–Crippen MR) is 82.5 cm³/mol. The summed E-state index contributed by atoms with van der Waals surface area (Å²) in [5, 5.41) is 11.0. The van der Waals surface area contributed by atoms with Crippen LogP contribution in [-0.2, 0) is 6.42 Å². The fourth-order valence-electron chi connectivity index (χ4n) is 2.12. The molecule has 0 aliphatic heterocycles. The number of hydrogen-bond acceptors (Lipinski definition) is 2. The normalized spacial score (nSPS) is 12.2. The van der Waals surface area contributed by atoms with Gasteiger partial charge in [-0.3, -0.25) is 0 Å². The van der Waals surface area contributed by atoms with Crippen LogP contribution < -0.4 is 4.74 Å². The van der Waals surface area contributed by atoms with E-state index in [2.05, 4.69) is 0 Å². The molecule has 0 radical (unpaired) electrons. The van der Waals surface area contributed by atoms with E-state index < -0.39 is 6.10 Å². The lowest BCUT2D eigenvalue weighted by atomic mass is 10.0. The van der Waals surface area contributed by atoms with Crippen LogP contribution in [-0.4, -0.2) is 11.7 Å². The topological polar surface area (TPSA) is 29.5 Å². The molecule has 0 aliphatic rings. The fourth-order valence-corrected chi connectivity index (χ4v) is 2.43. The molecule has 0 spiro atoms. The van der Waals surface area contributed by atoms with E-state index in [0.717, 1.165) is 22.4 Å². The first-order valence-corrected chi connectivity index (χ1v) is 7.13. The zero-order valence-electron chi connectivity index (χ0n) is 11.8. The van der Waals surface area contributed by atoms with E-state index in [1.54, 1.807) is 0 Å². The summed E-state index contributed by atoms with van der Waals surface area (Å²) < 4.78 is 5.45. The van der Waals surface area contributed by atoms with Crippen LogP contribution in [0.1, 0.15) is 29.7 Å². The second-order valence-corrected chi connectivity index (χ2v) is 5.23. The Morgan fingerprint density at radius 1 is 1.20 bits per heavy atom. The van der Waals surface area contributed by atoms with Crippen molar-refractivity contribution in [3.05, 3.63) is 64.2 Å². The Morgan fingerprint density at radius 3 is 2.70 bits per heavy atom. The lowest BCUT2D eigenvalue weighted by Gasteiger charge is -2.14. The number of aryl methyl sites for hydroxylation is 1. The van der Waals surface area contributed by atoms with Crippen molar-refractivity contribution >= 4 is 11.6 Å². The quantitative estimate of drug-likeness (QED) is 0.888. The van der Waals surface area contributed by atoms with Gasteiger partial charge in [-0.15, -0.1) is 0 Å². The van der Waals surface area contributed by atoms with Gasteiger partial charge in [0.25, 0.3) is 0 Å². The summed E-state index contributed by atoms with van der Waals surface area (Å²) in [5.41, 5.74) is 2.91. The van der Waals surface area contributed by atoms with Gasteiger partial charge in [0, 0.05) is 11.4 Å². The minimum absolute atomic E-state index is 0.495. The van der Waals surface area contributed by atoms with Crippen LogP contribution in [0, 0.1) is 6.92 Å². The molecule has 0 bridgehead atoms. The molecule has 3 heteroatoms. The van der Waals surface area contributed by atoms with E-state index in [1.807, 2.05) is 56.3 Å². The maximum atomic E-state index is 10.3. The Labute approximate surface area is 125 Å². The van der Waals surface area contributed by atoms with Crippen molar-refractivity contribution in [2.75, 3.05) is 6.61 Å². The molecule has 2 nitrogen and oxygen atoms in total. The Bertz CT molecular complexity index is 581. The van der Waals surface area contributed by atoms with Gasteiger partial charge >= 0.3 is 0 Å². The summed E-state index contributed by atoms with van der Waals surface area (Å²) in [6, 6.07) is 13.4. The molecule has 0 fully saturated rings. The molecule has 0 saturated carbocycles. The zero-order chi connectivity index (χ0) is 14.5. The molecule has 106 valence electrons. The predicted octanol–water partition coefficient (Wildman–Crippen LogP) is 4.32. The van der Waals surface area contributed by atoms with Crippen molar-refractivity contribution in [3.8, 4) is 5.75 Å². The molecular formula is C17H19ClO2. The van der Waals surface area contributed by atoms with Gasteiger partial charge in [0.05, 0.1) is 12.7 Å². The van der Waals surface area contributed by atoms with E-state index in [1.165, 1.54) is 0 Å². The van der Waals surface area contributed by atoms with Crippen LogP contribution in [0.4, 0.5) is 0 Å². The van der Waals surface area contributed by atoms with Crippen LogP contribution in [0.5, 0.6) is 5.75 Å². The Hall–Kier alpha value is -1.51. The van der Waals surface area contributed by atoms with Crippen LogP contribution in [0.3, 0.4) is 0 Å². The third-order valence-corrected chi connectivity index (χ3v) is 3.53. The van der Waals surface area contributed by atoms with Crippen molar-refractivity contribution in [3.63, 3.8) is 0 Å². The lowest BCUT2D eigenvalue weighted by Crippen LogP contribution is -2.03. The Balaban J connectivity index is 2.15. The standard InChI is InChI=1S/C17H19ClO2/c1-3-20-15-6-4-5-14(10-15)17(19)11-13-8-7-12(2)9-16(13)18/h4-10,17,19H,3,11H2,1-2H3. The van der Waals surface area contributed by atoms with Gasteiger partial charge < -0.3 is 9.84 Å². The monoisotopic (exact) mass is 290 g/mol. The third-order valence-electron chi connectivity index (χ3n) is 3.18. The van der Waals surface area contributed by atoms with Crippen LogP contribution in [0.2, 0.25) is 5.02 Å². The van der Waals surface area contributed by atoms with Gasteiger partial charge in [-0.05, 0) is 48.7 Å². The van der Waals surface area contributed by atoms with Crippen molar-refractivity contribution < 1.29 is 9.84 Å². The molecule has 0 amide bonds. The number of aliphatic hydroxyl groups is 1. The Kier molecular flexibility index (Phi) is 5.05. The molecule has 1 unspecified atom stereocenters. The minimum Gasteiger partial charge on any atom is -0.494 e.